The Kier molecular flexibility index (Phi) is 4.92. The number of hydrogen-bond donors (Lipinski definition) is 0. The maximum Gasteiger partial charge on any atom is 0.418 e. The second-order valence-corrected chi connectivity index (χ2v) is 6.84. The lowest BCUT2D eigenvalue weighted by atomic mass is 10.1. The summed E-state index contributed by atoms with van der Waals surface area (Å²) < 4.78 is 41.8. The van der Waals surface area contributed by atoms with Gasteiger partial charge in [0.1, 0.15) is 0 Å². The number of alkyl halides is 3. The van der Waals surface area contributed by atoms with Crippen LogP contribution in [0.2, 0.25) is 5.02 Å². The van der Waals surface area contributed by atoms with E-state index in [0.717, 1.165) is 5.56 Å². The molecule has 0 bridgehead atoms. The molecule has 0 saturated heterocycles. The van der Waals surface area contributed by atoms with Crippen molar-refractivity contribution in [2.24, 2.45) is 0 Å². The van der Waals surface area contributed by atoms with Gasteiger partial charge in [-0.1, -0.05) is 54.1 Å². The van der Waals surface area contributed by atoms with E-state index in [2.05, 4.69) is 0 Å². The summed E-state index contributed by atoms with van der Waals surface area (Å²) in [6, 6.07) is 16.2. The lowest BCUT2D eigenvalue weighted by Crippen LogP contribution is -2.05. The molecule has 0 fully saturated rings. The molecule has 0 aliphatic rings. The van der Waals surface area contributed by atoms with Gasteiger partial charge in [0.25, 0.3) is 0 Å². The maximum atomic E-state index is 13.3. The van der Waals surface area contributed by atoms with Crippen LogP contribution in [0.4, 0.5) is 13.2 Å². The molecule has 124 valence electrons. The lowest BCUT2D eigenvalue weighted by Gasteiger charge is -2.10. The van der Waals surface area contributed by atoms with E-state index < -0.39 is 11.7 Å². The highest BCUT2D eigenvalue weighted by molar-refractivity contribution is 14.1. The van der Waals surface area contributed by atoms with Gasteiger partial charge in [0, 0.05) is 17.8 Å². The van der Waals surface area contributed by atoms with E-state index in [1.807, 2.05) is 30.3 Å². The summed E-state index contributed by atoms with van der Waals surface area (Å²) in [6.45, 7) is 0.366. The van der Waals surface area contributed by atoms with Crippen LogP contribution in [-0.2, 0) is 12.7 Å². The molecule has 0 N–H and O–H groups in total. The molecule has 0 aliphatic heterocycles. The van der Waals surface area contributed by atoms with Crippen molar-refractivity contribution in [2.45, 2.75) is 12.7 Å². The van der Waals surface area contributed by atoms with E-state index >= 15 is 0 Å². The predicted octanol–water partition coefficient (Wildman–Crippen LogP) is 6.48. The van der Waals surface area contributed by atoms with Crippen LogP contribution in [0.25, 0.3) is 11.3 Å². The zero-order chi connectivity index (χ0) is 17.3. The molecule has 1 aromatic heterocycles. The van der Waals surface area contributed by atoms with Gasteiger partial charge in [-0.2, -0.15) is 13.2 Å². The Bertz CT molecular complexity index is 839. The average molecular weight is 462 g/mol. The van der Waals surface area contributed by atoms with Crippen molar-refractivity contribution in [3.63, 3.8) is 0 Å². The molecule has 0 unspecified atom stereocenters. The van der Waals surface area contributed by atoms with Gasteiger partial charge < -0.3 is 4.57 Å². The first kappa shape index (κ1) is 17.4. The number of nitrogens with zero attached hydrogens (tertiary/aromatic N) is 1. The van der Waals surface area contributed by atoms with Gasteiger partial charge in [0.05, 0.1) is 14.8 Å². The number of aromatic nitrogens is 1. The molecule has 0 atom stereocenters. The zero-order valence-corrected chi connectivity index (χ0v) is 15.2. The van der Waals surface area contributed by atoms with Gasteiger partial charge in [0.2, 0.25) is 0 Å². The summed E-state index contributed by atoms with van der Waals surface area (Å²) in [6.07, 6.45) is -3.21. The fraction of sp³-hybridized carbons (Fsp3) is 0.111. The van der Waals surface area contributed by atoms with Gasteiger partial charge >= 0.3 is 6.18 Å². The molecule has 6 heteroatoms. The first-order valence-corrected chi connectivity index (χ1v) is 8.57. The molecule has 1 nitrogen and oxygen atoms in total. The number of rotatable bonds is 3. The Morgan fingerprint density at radius 2 is 1.58 bits per heavy atom. The fourth-order valence-electron chi connectivity index (χ4n) is 2.53. The van der Waals surface area contributed by atoms with E-state index in [1.165, 1.54) is 6.20 Å². The van der Waals surface area contributed by atoms with E-state index in [4.69, 9.17) is 11.6 Å². The largest absolute Gasteiger partial charge is 0.418 e. The van der Waals surface area contributed by atoms with Gasteiger partial charge in [-0.3, -0.25) is 0 Å². The summed E-state index contributed by atoms with van der Waals surface area (Å²) >= 11 is 7.67. The Labute approximate surface area is 156 Å². The van der Waals surface area contributed by atoms with Crippen LogP contribution < -0.4 is 0 Å². The van der Waals surface area contributed by atoms with E-state index in [1.54, 1.807) is 51.4 Å². The molecule has 3 aromatic rings. The SMILES string of the molecule is FC(F)(F)c1cn(Cc2ccccc2)c(-c2ccc(Cl)cc2)c1I. The zero-order valence-electron chi connectivity index (χ0n) is 12.3. The Morgan fingerprint density at radius 1 is 0.958 bits per heavy atom. The molecular weight excluding hydrogens is 450 g/mol. The van der Waals surface area contributed by atoms with E-state index in [9.17, 15) is 13.2 Å². The minimum atomic E-state index is -4.39. The fourth-order valence-corrected chi connectivity index (χ4v) is 3.73. The lowest BCUT2D eigenvalue weighted by molar-refractivity contribution is -0.138. The Morgan fingerprint density at radius 3 is 2.17 bits per heavy atom. The first-order valence-electron chi connectivity index (χ1n) is 7.12. The summed E-state index contributed by atoms with van der Waals surface area (Å²) in [5, 5.41) is 0.547. The highest BCUT2D eigenvalue weighted by Gasteiger charge is 2.36. The van der Waals surface area contributed by atoms with Crippen molar-refractivity contribution in [1.29, 1.82) is 0 Å². The summed E-state index contributed by atoms with van der Waals surface area (Å²) in [5.74, 6) is 0. The van der Waals surface area contributed by atoms with Crippen LogP contribution in [0.15, 0.2) is 60.8 Å². The predicted molar refractivity (Wildman–Crippen MR) is 98.1 cm³/mol. The number of benzene rings is 2. The number of hydrogen-bond acceptors (Lipinski definition) is 0. The molecule has 0 spiro atoms. The second-order valence-electron chi connectivity index (χ2n) is 5.32. The maximum absolute atomic E-state index is 13.3. The van der Waals surface area contributed by atoms with E-state index in [-0.39, 0.29) is 3.57 Å². The standard InChI is InChI=1S/C18H12ClF3IN/c19-14-8-6-13(7-9-14)17-16(23)15(18(20,21)22)11-24(17)10-12-4-2-1-3-5-12/h1-9,11H,10H2. The minimum absolute atomic E-state index is 0.193. The second kappa shape index (κ2) is 6.80. The van der Waals surface area contributed by atoms with Crippen molar-refractivity contribution in [1.82, 2.24) is 4.57 Å². The van der Waals surface area contributed by atoms with Crippen molar-refractivity contribution in [3.05, 3.63) is 80.5 Å². The van der Waals surface area contributed by atoms with Gasteiger partial charge in [-0.05, 0) is 45.9 Å². The normalized spacial score (nSPS) is 11.7. The van der Waals surface area contributed by atoms with Crippen LogP contribution in [0, 0.1) is 3.57 Å². The quantitative estimate of drug-likeness (QED) is 0.394. The summed E-state index contributed by atoms with van der Waals surface area (Å²) in [7, 11) is 0. The molecular formula is C18H12ClF3IN. The van der Waals surface area contributed by atoms with Crippen LogP contribution in [-0.4, -0.2) is 4.57 Å². The van der Waals surface area contributed by atoms with Gasteiger partial charge in [-0.15, -0.1) is 0 Å². The molecule has 0 radical (unpaired) electrons. The smallest absolute Gasteiger partial charge is 0.342 e. The van der Waals surface area contributed by atoms with Gasteiger partial charge in [0.15, 0.2) is 0 Å². The molecule has 1 heterocycles. The van der Waals surface area contributed by atoms with Crippen LogP contribution in [0.5, 0.6) is 0 Å². The summed E-state index contributed by atoms with van der Waals surface area (Å²) in [5.41, 5.74) is 1.57. The van der Waals surface area contributed by atoms with Crippen LogP contribution in [0.1, 0.15) is 11.1 Å². The molecule has 0 saturated carbocycles. The number of halogens is 5. The summed E-state index contributed by atoms with van der Waals surface area (Å²) in [4.78, 5) is 0. The molecule has 0 aliphatic carbocycles. The van der Waals surface area contributed by atoms with Crippen molar-refractivity contribution in [2.75, 3.05) is 0 Å². The Hall–Kier alpha value is -1.47. The molecule has 2 aromatic carbocycles. The van der Waals surface area contributed by atoms with Gasteiger partial charge in [-0.25, -0.2) is 0 Å². The van der Waals surface area contributed by atoms with Crippen molar-refractivity contribution >= 4 is 34.2 Å². The molecule has 24 heavy (non-hydrogen) atoms. The third kappa shape index (κ3) is 3.62. The Balaban J connectivity index is 2.14. The third-order valence-corrected chi connectivity index (χ3v) is 4.98. The molecule has 3 rings (SSSR count). The first-order chi connectivity index (χ1) is 11.4. The van der Waals surface area contributed by atoms with Crippen molar-refractivity contribution < 1.29 is 13.2 Å². The highest BCUT2D eigenvalue weighted by Crippen LogP contribution is 2.39. The molecule has 0 amide bonds. The monoisotopic (exact) mass is 461 g/mol. The van der Waals surface area contributed by atoms with Crippen LogP contribution in [0.3, 0.4) is 0 Å². The highest BCUT2D eigenvalue weighted by atomic mass is 127. The third-order valence-electron chi connectivity index (χ3n) is 3.64. The van der Waals surface area contributed by atoms with Crippen LogP contribution >= 0.6 is 34.2 Å². The van der Waals surface area contributed by atoms with Crippen molar-refractivity contribution in [3.8, 4) is 11.3 Å². The average Bonchev–Trinajstić information content (AvgIpc) is 2.86. The minimum Gasteiger partial charge on any atom is -0.342 e. The topological polar surface area (TPSA) is 4.93 Å². The van der Waals surface area contributed by atoms with E-state index in [0.29, 0.717) is 22.8 Å².